The summed E-state index contributed by atoms with van der Waals surface area (Å²) in [6.45, 7) is 4.61. The van der Waals surface area contributed by atoms with Crippen LogP contribution in [0.4, 0.5) is 0 Å². The van der Waals surface area contributed by atoms with Gasteiger partial charge < -0.3 is 4.42 Å². The SMILES string of the molecule is Cc1cccc(CN2CCC[C@H](n3c(=O)oc4ccc(Cl)cc43)C2)n1. The number of pyridine rings is 1. The topological polar surface area (TPSA) is 51.3 Å². The van der Waals surface area contributed by atoms with Crippen LogP contribution in [0.2, 0.25) is 5.02 Å². The van der Waals surface area contributed by atoms with Crippen molar-refractivity contribution < 1.29 is 4.42 Å². The number of piperidine rings is 1. The minimum Gasteiger partial charge on any atom is -0.408 e. The third-order valence-corrected chi connectivity index (χ3v) is 4.99. The lowest BCUT2D eigenvalue weighted by Gasteiger charge is -2.32. The van der Waals surface area contributed by atoms with Crippen LogP contribution in [0.3, 0.4) is 0 Å². The molecule has 0 spiro atoms. The summed E-state index contributed by atoms with van der Waals surface area (Å²) in [6, 6.07) is 11.5. The molecule has 2 aromatic heterocycles. The third kappa shape index (κ3) is 3.34. The molecule has 0 N–H and O–H groups in total. The number of fused-ring (bicyclic) bond motifs is 1. The molecule has 1 saturated heterocycles. The van der Waals surface area contributed by atoms with Crippen LogP contribution in [0.5, 0.6) is 0 Å². The highest BCUT2D eigenvalue weighted by molar-refractivity contribution is 6.31. The molecule has 1 aromatic carbocycles. The zero-order valence-corrected chi connectivity index (χ0v) is 14.9. The van der Waals surface area contributed by atoms with E-state index in [4.69, 9.17) is 16.0 Å². The third-order valence-electron chi connectivity index (χ3n) is 4.75. The van der Waals surface area contributed by atoms with Crippen molar-refractivity contribution in [3.8, 4) is 0 Å². The molecule has 3 heterocycles. The van der Waals surface area contributed by atoms with Crippen LogP contribution < -0.4 is 5.76 Å². The second kappa shape index (κ2) is 6.65. The number of aromatic nitrogens is 2. The Kier molecular flexibility index (Phi) is 4.36. The molecule has 25 heavy (non-hydrogen) atoms. The van der Waals surface area contributed by atoms with Crippen molar-refractivity contribution in [1.82, 2.24) is 14.5 Å². The van der Waals surface area contributed by atoms with E-state index in [9.17, 15) is 4.79 Å². The zero-order chi connectivity index (χ0) is 17.4. The molecule has 0 amide bonds. The van der Waals surface area contributed by atoms with Gasteiger partial charge in [-0.15, -0.1) is 0 Å². The second-order valence-electron chi connectivity index (χ2n) is 6.65. The summed E-state index contributed by atoms with van der Waals surface area (Å²) in [5.41, 5.74) is 3.45. The van der Waals surface area contributed by atoms with E-state index in [0.29, 0.717) is 10.6 Å². The van der Waals surface area contributed by atoms with Gasteiger partial charge in [-0.1, -0.05) is 17.7 Å². The molecule has 130 valence electrons. The lowest BCUT2D eigenvalue weighted by molar-refractivity contribution is 0.166. The van der Waals surface area contributed by atoms with E-state index < -0.39 is 0 Å². The fourth-order valence-corrected chi connectivity index (χ4v) is 3.82. The van der Waals surface area contributed by atoms with Gasteiger partial charge in [0.05, 0.1) is 17.3 Å². The van der Waals surface area contributed by atoms with E-state index >= 15 is 0 Å². The van der Waals surface area contributed by atoms with Gasteiger partial charge in [-0.05, 0) is 56.6 Å². The Morgan fingerprint density at radius 2 is 2.20 bits per heavy atom. The number of likely N-dealkylation sites (tertiary alicyclic amines) is 1. The van der Waals surface area contributed by atoms with Crippen LogP contribution in [-0.4, -0.2) is 27.5 Å². The predicted octanol–water partition coefficient (Wildman–Crippen LogP) is 3.79. The molecule has 0 bridgehead atoms. The second-order valence-corrected chi connectivity index (χ2v) is 7.09. The standard InChI is InChI=1S/C19H20ClN3O2/c1-13-4-2-5-15(21-13)11-22-9-3-6-16(12-22)23-17-10-14(20)7-8-18(17)25-19(23)24/h2,4-5,7-8,10,16H,3,6,9,11-12H2,1H3/t16-/m0/s1. The molecule has 1 atom stereocenters. The van der Waals surface area contributed by atoms with Gasteiger partial charge in [-0.3, -0.25) is 14.5 Å². The summed E-state index contributed by atoms with van der Waals surface area (Å²) in [5, 5.41) is 0.610. The van der Waals surface area contributed by atoms with Gasteiger partial charge in [-0.25, -0.2) is 4.79 Å². The van der Waals surface area contributed by atoms with E-state index in [0.717, 1.165) is 49.4 Å². The molecule has 3 aromatic rings. The maximum Gasteiger partial charge on any atom is 0.420 e. The highest BCUT2D eigenvalue weighted by Gasteiger charge is 2.25. The Morgan fingerprint density at radius 3 is 3.04 bits per heavy atom. The Morgan fingerprint density at radius 1 is 1.32 bits per heavy atom. The van der Waals surface area contributed by atoms with Crippen molar-refractivity contribution in [3.63, 3.8) is 0 Å². The van der Waals surface area contributed by atoms with Crippen molar-refractivity contribution in [3.05, 3.63) is 63.4 Å². The first-order chi connectivity index (χ1) is 12.1. The molecule has 1 aliphatic rings. The van der Waals surface area contributed by atoms with E-state index in [-0.39, 0.29) is 11.8 Å². The van der Waals surface area contributed by atoms with Gasteiger partial charge in [-0.2, -0.15) is 0 Å². The lowest BCUT2D eigenvalue weighted by Crippen LogP contribution is -2.38. The largest absolute Gasteiger partial charge is 0.420 e. The Labute approximate surface area is 150 Å². The molecule has 0 saturated carbocycles. The van der Waals surface area contributed by atoms with E-state index in [1.165, 1.54) is 0 Å². The Bertz CT molecular complexity index is 963. The lowest BCUT2D eigenvalue weighted by atomic mass is 10.0. The first-order valence-electron chi connectivity index (χ1n) is 8.55. The highest BCUT2D eigenvalue weighted by Crippen LogP contribution is 2.27. The number of nitrogens with zero attached hydrogens (tertiary/aromatic N) is 3. The molecular formula is C19H20ClN3O2. The van der Waals surface area contributed by atoms with E-state index in [2.05, 4.69) is 16.0 Å². The average molecular weight is 358 g/mol. The summed E-state index contributed by atoms with van der Waals surface area (Å²) in [4.78, 5) is 19.3. The van der Waals surface area contributed by atoms with Crippen LogP contribution in [0.25, 0.3) is 11.1 Å². The van der Waals surface area contributed by atoms with E-state index in [1.54, 1.807) is 16.7 Å². The summed E-state index contributed by atoms with van der Waals surface area (Å²) < 4.78 is 7.16. The maximum atomic E-state index is 12.4. The molecule has 5 nitrogen and oxygen atoms in total. The molecular weight excluding hydrogens is 338 g/mol. The minimum absolute atomic E-state index is 0.0887. The summed E-state index contributed by atoms with van der Waals surface area (Å²) in [7, 11) is 0. The summed E-state index contributed by atoms with van der Waals surface area (Å²) >= 11 is 6.11. The van der Waals surface area contributed by atoms with Gasteiger partial charge in [0, 0.05) is 23.8 Å². The van der Waals surface area contributed by atoms with Gasteiger partial charge in [0.2, 0.25) is 0 Å². The monoisotopic (exact) mass is 357 g/mol. The molecule has 1 aliphatic heterocycles. The number of halogens is 1. The number of hydrogen-bond acceptors (Lipinski definition) is 4. The number of hydrogen-bond donors (Lipinski definition) is 0. The first kappa shape index (κ1) is 16.4. The normalized spacial score (nSPS) is 18.7. The first-order valence-corrected chi connectivity index (χ1v) is 8.93. The number of oxazole rings is 1. The van der Waals surface area contributed by atoms with Gasteiger partial charge in [0.15, 0.2) is 5.58 Å². The molecule has 0 unspecified atom stereocenters. The van der Waals surface area contributed by atoms with E-state index in [1.807, 2.05) is 25.1 Å². The van der Waals surface area contributed by atoms with Crippen molar-refractivity contribution in [2.24, 2.45) is 0 Å². The van der Waals surface area contributed by atoms with Crippen molar-refractivity contribution in [2.75, 3.05) is 13.1 Å². The minimum atomic E-state index is -0.308. The molecule has 1 fully saturated rings. The van der Waals surface area contributed by atoms with Crippen molar-refractivity contribution >= 4 is 22.7 Å². The Hall–Kier alpha value is -2.11. The highest BCUT2D eigenvalue weighted by atomic mass is 35.5. The van der Waals surface area contributed by atoms with Gasteiger partial charge in [0.1, 0.15) is 0 Å². The molecule has 0 aliphatic carbocycles. The fraction of sp³-hybridized carbons (Fsp3) is 0.368. The fourth-order valence-electron chi connectivity index (χ4n) is 3.65. The quantitative estimate of drug-likeness (QED) is 0.715. The van der Waals surface area contributed by atoms with Gasteiger partial charge >= 0.3 is 5.76 Å². The smallest absolute Gasteiger partial charge is 0.408 e. The van der Waals surface area contributed by atoms with Gasteiger partial charge in [0.25, 0.3) is 0 Å². The van der Waals surface area contributed by atoms with Crippen LogP contribution in [0.1, 0.15) is 30.3 Å². The molecule has 4 rings (SSSR count). The predicted molar refractivity (Wildman–Crippen MR) is 98.0 cm³/mol. The Balaban J connectivity index is 1.60. The average Bonchev–Trinajstić information content (AvgIpc) is 2.90. The summed E-state index contributed by atoms with van der Waals surface area (Å²) in [6.07, 6.45) is 2.00. The number of benzene rings is 1. The van der Waals surface area contributed by atoms with Crippen molar-refractivity contribution in [1.29, 1.82) is 0 Å². The number of rotatable bonds is 3. The maximum absolute atomic E-state index is 12.4. The van der Waals surface area contributed by atoms with Crippen LogP contribution in [-0.2, 0) is 6.54 Å². The summed E-state index contributed by atoms with van der Waals surface area (Å²) in [5.74, 6) is -0.308. The van der Waals surface area contributed by atoms with Crippen molar-refractivity contribution in [2.45, 2.75) is 32.4 Å². The molecule has 0 radical (unpaired) electrons. The zero-order valence-electron chi connectivity index (χ0n) is 14.1. The van der Waals surface area contributed by atoms with Crippen LogP contribution >= 0.6 is 11.6 Å². The number of aryl methyl sites for hydroxylation is 1. The van der Waals surface area contributed by atoms with Crippen LogP contribution in [0.15, 0.2) is 45.6 Å². The molecule has 6 heteroatoms. The van der Waals surface area contributed by atoms with Crippen LogP contribution in [0, 0.1) is 6.92 Å².